The standard InChI is InChI=1S/C14H26N2S/c1-5-7-8-12(6-2)13(15-4)9-14-16-11(3)10-17-14/h10,12-13,15H,5-9H2,1-4H3. The monoisotopic (exact) mass is 254 g/mol. The van der Waals surface area contributed by atoms with E-state index in [2.05, 4.69) is 43.5 Å². The van der Waals surface area contributed by atoms with Gasteiger partial charge >= 0.3 is 0 Å². The van der Waals surface area contributed by atoms with Gasteiger partial charge in [0.15, 0.2) is 0 Å². The predicted octanol–water partition coefficient (Wildman–Crippen LogP) is 3.80. The number of hydrogen-bond acceptors (Lipinski definition) is 3. The Morgan fingerprint density at radius 1 is 1.41 bits per heavy atom. The summed E-state index contributed by atoms with van der Waals surface area (Å²) in [6.07, 6.45) is 6.31. The zero-order chi connectivity index (χ0) is 12.7. The van der Waals surface area contributed by atoms with Crippen molar-refractivity contribution in [2.75, 3.05) is 7.05 Å². The van der Waals surface area contributed by atoms with Crippen LogP contribution in [0.2, 0.25) is 0 Å². The molecule has 0 fully saturated rings. The Morgan fingerprint density at radius 3 is 2.65 bits per heavy atom. The Labute approximate surface area is 110 Å². The van der Waals surface area contributed by atoms with Crippen molar-refractivity contribution < 1.29 is 0 Å². The van der Waals surface area contributed by atoms with Crippen LogP contribution in [0.1, 0.15) is 50.2 Å². The second-order valence-electron chi connectivity index (χ2n) is 4.79. The van der Waals surface area contributed by atoms with Gasteiger partial charge in [0, 0.05) is 23.5 Å². The van der Waals surface area contributed by atoms with Gasteiger partial charge in [0.1, 0.15) is 0 Å². The van der Waals surface area contributed by atoms with Gasteiger partial charge < -0.3 is 5.32 Å². The minimum atomic E-state index is 0.581. The lowest BCUT2D eigenvalue weighted by molar-refractivity contribution is 0.330. The van der Waals surface area contributed by atoms with E-state index in [-0.39, 0.29) is 0 Å². The lowest BCUT2D eigenvalue weighted by Crippen LogP contribution is -2.35. The number of thiazole rings is 1. The molecule has 1 N–H and O–H groups in total. The maximum Gasteiger partial charge on any atom is 0.0943 e. The van der Waals surface area contributed by atoms with E-state index in [1.165, 1.54) is 30.7 Å². The van der Waals surface area contributed by atoms with E-state index in [4.69, 9.17) is 0 Å². The van der Waals surface area contributed by atoms with Crippen molar-refractivity contribution in [2.45, 2.75) is 58.9 Å². The smallest absolute Gasteiger partial charge is 0.0943 e. The van der Waals surface area contributed by atoms with Crippen LogP contribution in [0.5, 0.6) is 0 Å². The maximum absolute atomic E-state index is 4.57. The number of unbranched alkanes of at least 4 members (excludes halogenated alkanes) is 1. The average molecular weight is 254 g/mol. The van der Waals surface area contributed by atoms with Crippen LogP contribution in [0.15, 0.2) is 5.38 Å². The molecule has 0 aliphatic heterocycles. The molecule has 0 saturated carbocycles. The van der Waals surface area contributed by atoms with Gasteiger partial charge in [0.25, 0.3) is 0 Å². The van der Waals surface area contributed by atoms with Crippen LogP contribution < -0.4 is 5.32 Å². The molecular formula is C14H26N2S. The molecule has 0 aliphatic rings. The first-order chi connectivity index (χ1) is 8.21. The Hall–Kier alpha value is -0.410. The summed E-state index contributed by atoms with van der Waals surface area (Å²) in [5.41, 5.74) is 1.15. The van der Waals surface area contributed by atoms with Crippen LogP contribution >= 0.6 is 11.3 Å². The lowest BCUT2D eigenvalue weighted by Gasteiger charge is -2.25. The fourth-order valence-corrected chi connectivity index (χ4v) is 3.18. The van der Waals surface area contributed by atoms with Crippen molar-refractivity contribution in [2.24, 2.45) is 5.92 Å². The normalized spacial score (nSPS) is 14.8. The van der Waals surface area contributed by atoms with Crippen LogP contribution in [-0.2, 0) is 6.42 Å². The van der Waals surface area contributed by atoms with Crippen molar-refractivity contribution in [3.8, 4) is 0 Å². The molecule has 2 unspecified atom stereocenters. The first-order valence-corrected chi connectivity index (χ1v) is 7.67. The van der Waals surface area contributed by atoms with E-state index in [1.807, 2.05) is 0 Å². The first-order valence-electron chi connectivity index (χ1n) is 6.79. The van der Waals surface area contributed by atoms with E-state index >= 15 is 0 Å². The fourth-order valence-electron chi connectivity index (χ4n) is 2.35. The van der Waals surface area contributed by atoms with Gasteiger partial charge in [-0.15, -0.1) is 11.3 Å². The van der Waals surface area contributed by atoms with Crippen LogP contribution in [0, 0.1) is 12.8 Å². The molecule has 2 nitrogen and oxygen atoms in total. The highest BCUT2D eigenvalue weighted by Crippen LogP contribution is 2.21. The van der Waals surface area contributed by atoms with Gasteiger partial charge in [-0.25, -0.2) is 4.98 Å². The highest BCUT2D eigenvalue weighted by atomic mass is 32.1. The molecule has 98 valence electrons. The minimum Gasteiger partial charge on any atom is -0.316 e. The Morgan fingerprint density at radius 2 is 2.18 bits per heavy atom. The maximum atomic E-state index is 4.57. The number of rotatable bonds is 8. The third kappa shape index (κ3) is 4.76. The second-order valence-corrected chi connectivity index (χ2v) is 5.74. The van der Waals surface area contributed by atoms with Crippen molar-refractivity contribution in [1.82, 2.24) is 10.3 Å². The third-order valence-electron chi connectivity index (χ3n) is 3.45. The number of aryl methyl sites for hydroxylation is 1. The molecule has 0 aromatic carbocycles. The van der Waals surface area contributed by atoms with E-state index in [1.54, 1.807) is 11.3 Å². The molecule has 0 bridgehead atoms. The van der Waals surface area contributed by atoms with Gasteiger partial charge in [0.05, 0.1) is 5.01 Å². The quantitative estimate of drug-likeness (QED) is 0.763. The van der Waals surface area contributed by atoms with Crippen molar-refractivity contribution >= 4 is 11.3 Å². The van der Waals surface area contributed by atoms with Gasteiger partial charge in [-0.1, -0.05) is 33.1 Å². The summed E-state index contributed by atoms with van der Waals surface area (Å²) < 4.78 is 0. The van der Waals surface area contributed by atoms with Crippen LogP contribution in [0.25, 0.3) is 0 Å². The highest BCUT2D eigenvalue weighted by Gasteiger charge is 2.19. The molecule has 0 aliphatic carbocycles. The van der Waals surface area contributed by atoms with Crippen LogP contribution in [0.4, 0.5) is 0 Å². The number of nitrogens with one attached hydrogen (secondary N) is 1. The number of likely N-dealkylation sites (N-methyl/N-ethyl adjacent to an activating group) is 1. The molecule has 0 saturated heterocycles. The second kappa shape index (κ2) is 7.83. The first kappa shape index (κ1) is 14.7. The summed E-state index contributed by atoms with van der Waals surface area (Å²) in [6, 6.07) is 0.581. The average Bonchev–Trinajstić information content (AvgIpc) is 2.74. The number of hydrogen-bond donors (Lipinski definition) is 1. The topological polar surface area (TPSA) is 24.9 Å². The number of nitrogens with zero attached hydrogens (tertiary/aromatic N) is 1. The summed E-state index contributed by atoms with van der Waals surface area (Å²) in [4.78, 5) is 4.57. The molecule has 0 amide bonds. The molecule has 0 spiro atoms. The molecule has 17 heavy (non-hydrogen) atoms. The van der Waals surface area contributed by atoms with E-state index in [9.17, 15) is 0 Å². The Balaban J connectivity index is 2.56. The summed E-state index contributed by atoms with van der Waals surface area (Å²) in [6.45, 7) is 6.64. The van der Waals surface area contributed by atoms with Crippen LogP contribution in [-0.4, -0.2) is 18.1 Å². The lowest BCUT2D eigenvalue weighted by atomic mass is 9.89. The number of aromatic nitrogens is 1. The molecule has 1 heterocycles. The SMILES string of the molecule is CCCCC(CC)C(Cc1nc(C)cs1)NC. The minimum absolute atomic E-state index is 0.581. The van der Waals surface area contributed by atoms with Crippen molar-refractivity contribution in [1.29, 1.82) is 0 Å². The zero-order valence-electron chi connectivity index (χ0n) is 11.6. The van der Waals surface area contributed by atoms with E-state index in [0.29, 0.717) is 6.04 Å². The van der Waals surface area contributed by atoms with Gasteiger partial charge in [-0.3, -0.25) is 0 Å². The molecule has 1 aromatic heterocycles. The predicted molar refractivity (Wildman–Crippen MR) is 76.7 cm³/mol. The van der Waals surface area contributed by atoms with Gasteiger partial charge in [-0.2, -0.15) is 0 Å². The van der Waals surface area contributed by atoms with E-state index < -0.39 is 0 Å². The molecule has 2 atom stereocenters. The largest absolute Gasteiger partial charge is 0.316 e. The molecule has 1 aromatic rings. The molecular weight excluding hydrogens is 228 g/mol. The van der Waals surface area contributed by atoms with E-state index in [0.717, 1.165) is 18.0 Å². The fraction of sp³-hybridized carbons (Fsp3) is 0.786. The van der Waals surface area contributed by atoms with Crippen molar-refractivity contribution in [3.05, 3.63) is 16.1 Å². The zero-order valence-corrected chi connectivity index (χ0v) is 12.4. The highest BCUT2D eigenvalue weighted by molar-refractivity contribution is 7.09. The van der Waals surface area contributed by atoms with Crippen LogP contribution in [0.3, 0.4) is 0 Å². The van der Waals surface area contributed by atoms with Gasteiger partial charge in [0.2, 0.25) is 0 Å². The molecule has 0 radical (unpaired) electrons. The molecule has 3 heteroatoms. The Bertz CT molecular complexity index is 309. The molecule has 1 rings (SSSR count). The van der Waals surface area contributed by atoms with Gasteiger partial charge in [-0.05, 0) is 26.3 Å². The summed E-state index contributed by atoms with van der Waals surface area (Å²) in [5, 5.41) is 6.91. The Kier molecular flexibility index (Phi) is 6.75. The summed E-state index contributed by atoms with van der Waals surface area (Å²) in [7, 11) is 2.08. The summed E-state index contributed by atoms with van der Waals surface area (Å²) >= 11 is 1.79. The summed E-state index contributed by atoms with van der Waals surface area (Å²) in [5.74, 6) is 0.782. The third-order valence-corrected chi connectivity index (χ3v) is 4.44. The van der Waals surface area contributed by atoms with Crippen molar-refractivity contribution in [3.63, 3.8) is 0 Å².